The minimum atomic E-state index is 0.599. The molecule has 16 heavy (non-hydrogen) atoms. The molecule has 0 aliphatic rings. The van der Waals surface area contributed by atoms with Gasteiger partial charge in [-0.1, -0.05) is 6.07 Å². The van der Waals surface area contributed by atoms with Crippen LogP contribution in [0.15, 0.2) is 30.5 Å². The van der Waals surface area contributed by atoms with Gasteiger partial charge in [-0.2, -0.15) is 0 Å². The van der Waals surface area contributed by atoms with Gasteiger partial charge >= 0.3 is 0 Å². The standard InChI is InChI=1S/C13H17N3/c1-10-7-12(8-14)11(2)16(10)9-13-5-3-4-6-15-13/h3-7H,8-9,14H2,1-2H3. The molecule has 0 radical (unpaired) electrons. The molecule has 0 bridgehead atoms. The number of hydrogen-bond acceptors (Lipinski definition) is 2. The summed E-state index contributed by atoms with van der Waals surface area (Å²) in [5, 5.41) is 0. The molecule has 2 N–H and O–H groups in total. The molecule has 2 aromatic heterocycles. The van der Waals surface area contributed by atoms with Gasteiger partial charge in [0.2, 0.25) is 0 Å². The first-order valence-corrected chi connectivity index (χ1v) is 5.48. The van der Waals surface area contributed by atoms with Crippen molar-refractivity contribution < 1.29 is 0 Å². The average molecular weight is 215 g/mol. The van der Waals surface area contributed by atoms with E-state index in [0.717, 1.165) is 12.2 Å². The molecule has 0 amide bonds. The van der Waals surface area contributed by atoms with Crippen LogP contribution in [0, 0.1) is 13.8 Å². The highest BCUT2D eigenvalue weighted by Crippen LogP contribution is 2.15. The molecule has 0 saturated heterocycles. The fourth-order valence-corrected chi connectivity index (χ4v) is 1.98. The lowest BCUT2D eigenvalue weighted by Gasteiger charge is -2.09. The Kier molecular flexibility index (Phi) is 3.06. The maximum atomic E-state index is 5.70. The molecule has 0 aliphatic heterocycles. The smallest absolute Gasteiger partial charge is 0.0647 e. The van der Waals surface area contributed by atoms with Crippen LogP contribution in [0.4, 0.5) is 0 Å². The van der Waals surface area contributed by atoms with Gasteiger partial charge in [0.25, 0.3) is 0 Å². The van der Waals surface area contributed by atoms with E-state index in [4.69, 9.17) is 5.73 Å². The van der Waals surface area contributed by atoms with Crippen LogP contribution < -0.4 is 5.73 Å². The molecule has 0 saturated carbocycles. The first-order valence-electron chi connectivity index (χ1n) is 5.48. The van der Waals surface area contributed by atoms with E-state index in [1.54, 1.807) is 0 Å². The molecule has 3 nitrogen and oxygen atoms in total. The quantitative estimate of drug-likeness (QED) is 0.851. The zero-order chi connectivity index (χ0) is 11.5. The lowest BCUT2D eigenvalue weighted by atomic mass is 10.2. The summed E-state index contributed by atoms with van der Waals surface area (Å²) in [6.07, 6.45) is 1.83. The normalized spacial score (nSPS) is 10.7. The largest absolute Gasteiger partial charge is 0.343 e. The Hall–Kier alpha value is -1.61. The zero-order valence-electron chi connectivity index (χ0n) is 9.77. The number of nitrogens with zero attached hydrogens (tertiary/aromatic N) is 2. The Morgan fingerprint density at radius 1 is 1.31 bits per heavy atom. The predicted octanol–water partition coefficient (Wildman–Crippen LogP) is 2.01. The summed E-state index contributed by atoms with van der Waals surface area (Å²) in [5.41, 5.74) is 10.5. The number of hydrogen-bond donors (Lipinski definition) is 1. The summed E-state index contributed by atoms with van der Waals surface area (Å²) in [4.78, 5) is 4.34. The number of rotatable bonds is 3. The average Bonchev–Trinajstić information content (AvgIpc) is 2.58. The number of aryl methyl sites for hydroxylation is 1. The Bertz CT molecular complexity index is 471. The molecular weight excluding hydrogens is 198 g/mol. The highest BCUT2D eigenvalue weighted by Gasteiger charge is 2.08. The molecule has 2 heterocycles. The highest BCUT2D eigenvalue weighted by atomic mass is 15.0. The molecular formula is C13H17N3. The maximum absolute atomic E-state index is 5.70. The van der Waals surface area contributed by atoms with Crippen LogP contribution in [0.5, 0.6) is 0 Å². The van der Waals surface area contributed by atoms with Crippen molar-refractivity contribution >= 4 is 0 Å². The number of pyridine rings is 1. The molecule has 0 fully saturated rings. The van der Waals surface area contributed by atoms with Crippen LogP contribution in [-0.4, -0.2) is 9.55 Å². The van der Waals surface area contributed by atoms with Gasteiger partial charge in [0, 0.05) is 24.1 Å². The van der Waals surface area contributed by atoms with Crippen LogP contribution in [0.25, 0.3) is 0 Å². The Morgan fingerprint density at radius 2 is 2.12 bits per heavy atom. The van der Waals surface area contributed by atoms with Crippen molar-refractivity contribution in [1.82, 2.24) is 9.55 Å². The fourth-order valence-electron chi connectivity index (χ4n) is 1.98. The lowest BCUT2D eigenvalue weighted by Crippen LogP contribution is -2.06. The third-order valence-electron chi connectivity index (χ3n) is 2.94. The molecule has 84 valence electrons. The molecule has 0 aliphatic carbocycles. The van der Waals surface area contributed by atoms with Crippen molar-refractivity contribution in [3.8, 4) is 0 Å². The van der Waals surface area contributed by atoms with Gasteiger partial charge in [0.05, 0.1) is 12.2 Å². The SMILES string of the molecule is Cc1cc(CN)c(C)n1Cc1ccccn1. The van der Waals surface area contributed by atoms with E-state index in [1.165, 1.54) is 17.0 Å². The summed E-state index contributed by atoms with van der Waals surface area (Å²) in [6.45, 7) is 5.63. The van der Waals surface area contributed by atoms with Crippen LogP contribution in [0.2, 0.25) is 0 Å². The Balaban J connectivity index is 2.31. The minimum Gasteiger partial charge on any atom is -0.343 e. The fraction of sp³-hybridized carbons (Fsp3) is 0.308. The monoisotopic (exact) mass is 215 g/mol. The first-order chi connectivity index (χ1) is 7.72. The van der Waals surface area contributed by atoms with Crippen LogP contribution in [0.3, 0.4) is 0 Å². The highest BCUT2D eigenvalue weighted by molar-refractivity contribution is 5.27. The first kappa shape index (κ1) is 10.9. The van der Waals surface area contributed by atoms with Crippen LogP contribution >= 0.6 is 0 Å². The summed E-state index contributed by atoms with van der Waals surface area (Å²) in [7, 11) is 0. The summed E-state index contributed by atoms with van der Waals surface area (Å²) < 4.78 is 2.25. The molecule has 0 atom stereocenters. The van der Waals surface area contributed by atoms with Gasteiger partial charge in [-0.15, -0.1) is 0 Å². The molecule has 0 spiro atoms. The molecule has 0 unspecified atom stereocenters. The molecule has 2 aromatic rings. The van der Waals surface area contributed by atoms with Crippen molar-refractivity contribution in [2.75, 3.05) is 0 Å². The van der Waals surface area contributed by atoms with E-state index in [-0.39, 0.29) is 0 Å². The van der Waals surface area contributed by atoms with Crippen molar-refractivity contribution in [2.45, 2.75) is 26.9 Å². The van der Waals surface area contributed by atoms with E-state index in [1.807, 2.05) is 24.4 Å². The van der Waals surface area contributed by atoms with Crippen molar-refractivity contribution in [2.24, 2.45) is 5.73 Å². The topological polar surface area (TPSA) is 43.8 Å². The second-order valence-electron chi connectivity index (χ2n) is 4.01. The van der Waals surface area contributed by atoms with Crippen molar-refractivity contribution in [3.05, 3.63) is 53.1 Å². The van der Waals surface area contributed by atoms with Gasteiger partial charge in [0.1, 0.15) is 0 Å². The van der Waals surface area contributed by atoms with Gasteiger partial charge in [-0.05, 0) is 37.6 Å². The third-order valence-corrected chi connectivity index (χ3v) is 2.94. The second-order valence-corrected chi connectivity index (χ2v) is 4.01. The maximum Gasteiger partial charge on any atom is 0.0647 e. The van der Waals surface area contributed by atoms with Gasteiger partial charge in [-0.3, -0.25) is 4.98 Å². The lowest BCUT2D eigenvalue weighted by molar-refractivity contribution is 0.726. The zero-order valence-corrected chi connectivity index (χ0v) is 9.77. The van der Waals surface area contributed by atoms with Gasteiger partial charge < -0.3 is 10.3 Å². The van der Waals surface area contributed by atoms with E-state index in [0.29, 0.717) is 6.54 Å². The van der Waals surface area contributed by atoms with E-state index in [2.05, 4.69) is 29.5 Å². The van der Waals surface area contributed by atoms with Crippen LogP contribution in [-0.2, 0) is 13.1 Å². The molecule has 3 heteroatoms. The minimum absolute atomic E-state index is 0.599. The van der Waals surface area contributed by atoms with Gasteiger partial charge in [0.15, 0.2) is 0 Å². The molecule has 0 aromatic carbocycles. The van der Waals surface area contributed by atoms with E-state index >= 15 is 0 Å². The van der Waals surface area contributed by atoms with E-state index in [9.17, 15) is 0 Å². The number of nitrogens with two attached hydrogens (primary N) is 1. The number of aromatic nitrogens is 2. The third kappa shape index (κ3) is 1.99. The predicted molar refractivity (Wildman–Crippen MR) is 65.1 cm³/mol. The van der Waals surface area contributed by atoms with Crippen molar-refractivity contribution in [1.29, 1.82) is 0 Å². The summed E-state index contributed by atoms with van der Waals surface area (Å²) >= 11 is 0. The van der Waals surface area contributed by atoms with E-state index < -0.39 is 0 Å². The Morgan fingerprint density at radius 3 is 2.69 bits per heavy atom. The van der Waals surface area contributed by atoms with Gasteiger partial charge in [-0.25, -0.2) is 0 Å². The summed E-state index contributed by atoms with van der Waals surface area (Å²) in [5.74, 6) is 0. The van der Waals surface area contributed by atoms with Crippen LogP contribution in [0.1, 0.15) is 22.6 Å². The molecule has 2 rings (SSSR count). The summed E-state index contributed by atoms with van der Waals surface area (Å²) in [6, 6.07) is 8.14. The Labute approximate surface area is 95.9 Å². The second kappa shape index (κ2) is 4.49. The van der Waals surface area contributed by atoms with Crippen molar-refractivity contribution in [3.63, 3.8) is 0 Å².